The van der Waals surface area contributed by atoms with Crippen molar-refractivity contribution in [2.75, 3.05) is 38.3 Å². The summed E-state index contributed by atoms with van der Waals surface area (Å²) in [5, 5.41) is 7.70. The Bertz CT molecular complexity index is 933. The van der Waals surface area contributed by atoms with Crippen LogP contribution in [0.5, 0.6) is 0 Å². The molecule has 1 aromatic rings. The van der Waals surface area contributed by atoms with Crippen molar-refractivity contribution in [1.29, 1.82) is 0 Å². The van der Waals surface area contributed by atoms with Crippen LogP contribution in [0.15, 0.2) is 18.2 Å². The van der Waals surface area contributed by atoms with Crippen LogP contribution in [0.4, 0.5) is 5.69 Å². The zero-order valence-electron chi connectivity index (χ0n) is 18.5. The molecule has 1 fully saturated rings. The summed E-state index contributed by atoms with van der Waals surface area (Å²) in [5.41, 5.74) is 1.52. The molecule has 11 nitrogen and oxygen atoms in total. The van der Waals surface area contributed by atoms with Crippen LogP contribution in [0, 0.1) is 0 Å². The Morgan fingerprint density at radius 1 is 1.12 bits per heavy atom. The predicted molar refractivity (Wildman–Crippen MR) is 116 cm³/mol. The lowest BCUT2D eigenvalue weighted by Crippen LogP contribution is -2.52. The number of nitrogens with one attached hydrogen (secondary N) is 3. The monoisotopic (exact) mass is 460 g/mol. The number of carbonyl (C=O) groups excluding carboxylic acids is 5. The molecule has 1 saturated heterocycles. The molecule has 0 radical (unpaired) electrons. The van der Waals surface area contributed by atoms with Crippen LogP contribution in [-0.2, 0) is 35.2 Å². The summed E-state index contributed by atoms with van der Waals surface area (Å²) in [7, 11) is 0. The van der Waals surface area contributed by atoms with E-state index < -0.39 is 11.9 Å². The van der Waals surface area contributed by atoms with Crippen LogP contribution in [0.1, 0.15) is 42.1 Å². The van der Waals surface area contributed by atoms with E-state index in [1.54, 1.807) is 25.1 Å². The Morgan fingerprint density at radius 2 is 1.91 bits per heavy atom. The van der Waals surface area contributed by atoms with E-state index in [-0.39, 0.29) is 62.8 Å². The van der Waals surface area contributed by atoms with E-state index in [1.165, 1.54) is 4.90 Å². The Kier molecular flexibility index (Phi) is 8.50. The first kappa shape index (κ1) is 24.3. The predicted octanol–water partition coefficient (Wildman–Crippen LogP) is -0.0545. The van der Waals surface area contributed by atoms with Crippen molar-refractivity contribution in [2.45, 2.75) is 38.8 Å². The fourth-order valence-electron chi connectivity index (χ4n) is 3.66. The van der Waals surface area contributed by atoms with Crippen molar-refractivity contribution < 1.29 is 33.4 Å². The highest BCUT2D eigenvalue weighted by Crippen LogP contribution is 2.32. The first-order chi connectivity index (χ1) is 15.9. The molecule has 3 N–H and O–H groups in total. The Morgan fingerprint density at radius 3 is 2.67 bits per heavy atom. The van der Waals surface area contributed by atoms with Crippen LogP contribution in [0.3, 0.4) is 0 Å². The van der Waals surface area contributed by atoms with Gasteiger partial charge in [-0.3, -0.25) is 29.3 Å². The van der Waals surface area contributed by atoms with E-state index in [9.17, 15) is 24.0 Å². The molecule has 178 valence electrons. The number of amides is 5. The van der Waals surface area contributed by atoms with Crippen LogP contribution in [0.2, 0.25) is 0 Å². The second kappa shape index (κ2) is 11.5. The molecule has 5 amide bonds. The summed E-state index contributed by atoms with van der Waals surface area (Å²) in [5.74, 6) is -1.56. The molecular formula is C22H28N4O7. The third-order valence-corrected chi connectivity index (χ3v) is 5.35. The van der Waals surface area contributed by atoms with Gasteiger partial charge in [0.05, 0.1) is 19.8 Å². The van der Waals surface area contributed by atoms with Crippen molar-refractivity contribution in [2.24, 2.45) is 0 Å². The molecule has 11 heteroatoms. The third-order valence-electron chi connectivity index (χ3n) is 5.35. The van der Waals surface area contributed by atoms with Crippen LogP contribution >= 0.6 is 0 Å². The molecule has 1 unspecified atom stereocenters. The van der Waals surface area contributed by atoms with Crippen molar-refractivity contribution in [1.82, 2.24) is 15.5 Å². The summed E-state index contributed by atoms with van der Waals surface area (Å²) in [6.45, 7) is 3.01. The maximum Gasteiger partial charge on any atom is 0.255 e. The van der Waals surface area contributed by atoms with E-state index >= 15 is 0 Å². The van der Waals surface area contributed by atoms with Crippen LogP contribution in [-0.4, -0.2) is 73.4 Å². The van der Waals surface area contributed by atoms with Gasteiger partial charge in [-0.25, -0.2) is 0 Å². The van der Waals surface area contributed by atoms with Gasteiger partial charge in [0.2, 0.25) is 23.6 Å². The number of hydrogen-bond acceptors (Lipinski definition) is 7. The van der Waals surface area contributed by atoms with Crippen molar-refractivity contribution in [3.8, 4) is 0 Å². The molecule has 2 aliphatic heterocycles. The largest absolute Gasteiger partial charge is 0.377 e. The number of benzene rings is 1. The number of rotatable bonds is 11. The average molecular weight is 460 g/mol. The van der Waals surface area contributed by atoms with Gasteiger partial charge in [-0.1, -0.05) is 13.0 Å². The lowest BCUT2D eigenvalue weighted by Gasteiger charge is -2.29. The molecule has 1 atom stereocenters. The molecule has 2 aliphatic rings. The molecule has 33 heavy (non-hydrogen) atoms. The van der Waals surface area contributed by atoms with Crippen molar-refractivity contribution in [3.05, 3.63) is 29.3 Å². The minimum Gasteiger partial charge on any atom is -0.377 e. The Balaban J connectivity index is 1.45. The van der Waals surface area contributed by atoms with Gasteiger partial charge < -0.3 is 25.0 Å². The molecule has 0 spiro atoms. The fraction of sp³-hybridized carbons (Fsp3) is 0.500. The number of ether oxygens (including phenoxy) is 2. The summed E-state index contributed by atoms with van der Waals surface area (Å²) in [6, 6.07) is 4.28. The van der Waals surface area contributed by atoms with E-state index in [0.29, 0.717) is 36.4 Å². The fourth-order valence-corrected chi connectivity index (χ4v) is 3.66. The second-order valence-electron chi connectivity index (χ2n) is 7.65. The van der Waals surface area contributed by atoms with E-state index in [0.717, 1.165) is 0 Å². The topological polar surface area (TPSA) is 143 Å². The van der Waals surface area contributed by atoms with Crippen molar-refractivity contribution >= 4 is 35.2 Å². The van der Waals surface area contributed by atoms with Gasteiger partial charge in [-0.15, -0.1) is 0 Å². The number of imide groups is 1. The van der Waals surface area contributed by atoms with Gasteiger partial charge in [0.15, 0.2) is 0 Å². The number of nitrogens with zero attached hydrogens (tertiary/aromatic N) is 1. The molecule has 0 aromatic heterocycles. The Hall–Kier alpha value is -3.31. The highest BCUT2D eigenvalue weighted by atomic mass is 16.5. The number of anilines is 1. The quantitative estimate of drug-likeness (QED) is 0.310. The highest BCUT2D eigenvalue weighted by Gasteiger charge is 2.39. The lowest BCUT2D eigenvalue weighted by molar-refractivity contribution is -0.137. The average Bonchev–Trinajstić information content (AvgIpc) is 3.12. The second-order valence-corrected chi connectivity index (χ2v) is 7.65. The summed E-state index contributed by atoms with van der Waals surface area (Å²) < 4.78 is 10.6. The van der Waals surface area contributed by atoms with Gasteiger partial charge in [-0.2, -0.15) is 0 Å². The molecular weight excluding hydrogens is 432 g/mol. The minimum absolute atomic E-state index is 0.0409. The molecule has 0 saturated carbocycles. The van der Waals surface area contributed by atoms with E-state index in [4.69, 9.17) is 9.47 Å². The third kappa shape index (κ3) is 6.36. The van der Waals surface area contributed by atoms with Crippen LogP contribution in [0.25, 0.3) is 0 Å². The number of carbonyl (C=O) groups is 5. The molecule has 2 heterocycles. The van der Waals surface area contributed by atoms with Crippen LogP contribution < -0.4 is 16.0 Å². The highest BCUT2D eigenvalue weighted by molar-refractivity contribution is 6.06. The van der Waals surface area contributed by atoms with Gasteiger partial charge in [0, 0.05) is 42.7 Å². The lowest BCUT2D eigenvalue weighted by atomic mass is 10.0. The minimum atomic E-state index is -0.718. The summed E-state index contributed by atoms with van der Waals surface area (Å²) >= 11 is 0. The number of hydrogen-bond donors (Lipinski definition) is 3. The maximum atomic E-state index is 12.8. The number of piperidine rings is 1. The summed E-state index contributed by atoms with van der Waals surface area (Å²) in [6.07, 6.45) is 0.869. The normalized spacial score (nSPS) is 17.5. The van der Waals surface area contributed by atoms with E-state index in [2.05, 4.69) is 16.0 Å². The zero-order chi connectivity index (χ0) is 23.8. The summed E-state index contributed by atoms with van der Waals surface area (Å²) in [4.78, 5) is 61.2. The SMILES string of the molecule is CCC(=O)NCCOCCOCC(=O)Nc1cccc2c1CN(C1CCC(=O)NC1=O)C2=O. The van der Waals surface area contributed by atoms with Gasteiger partial charge in [0.25, 0.3) is 5.91 Å². The van der Waals surface area contributed by atoms with Gasteiger partial charge in [0.1, 0.15) is 12.6 Å². The van der Waals surface area contributed by atoms with Gasteiger partial charge in [-0.05, 0) is 18.6 Å². The standard InChI is InChI=1S/C22H28N4O7/c1-2-18(27)23-8-9-32-10-11-33-13-20(29)24-16-5-3-4-14-15(16)12-26(22(14)31)17-6-7-19(28)25-21(17)30/h3-5,17H,2,6-13H2,1H3,(H,23,27)(H,24,29)(H,25,28,30). The molecule has 0 bridgehead atoms. The smallest absolute Gasteiger partial charge is 0.255 e. The first-order valence-electron chi connectivity index (χ1n) is 10.9. The van der Waals surface area contributed by atoms with E-state index in [1.807, 2.05) is 0 Å². The first-order valence-corrected chi connectivity index (χ1v) is 10.9. The molecule has 3 rings (SSSR count). The number of fused-ring (bicyclic) bond motifs is 1. The maximum absolute atomic E-state index is 12.8. The molecule has 1 aromatic carbocycles. The van der Waals surface area contributed by atoms with Crippen molar-refractivity contribution in [3.63, 3.8) is 0 Å². The van der Waals surface area contributed by atoms with Gasteiger partial charge >= 0.3 is 0 Å². The zero-order valence-corrected chi connectivity index (χ0v) is 18.5. The Labute approximate surface area is 191 Å². The molecule has 0 aliphatic carbocycles.